The van der Waals surface area contributed by atoms with Gasteiger partial charge in [0, 0.05) is 37.3 Å². The molecule has 0 unspecified atom stereocenters. The molecule has 172 valence electrons. The Morgan fingerprint density at radius 1 is 1.19 bits per heavy atom. The van der Waals surface area contributed by atoms with Gasteiger partial charge >= 0.3 is 0 Å². The first kappa shape index (κ1) is 23.6. The van der Waals surface area contributed by atoms with Crippen molar-refractivity contribution in [2.45, 2.75) is 32.6 Å². The van der Waals surface area contributed by atoms with Gasteiger partial charge in [-0.3, -0.25) is 13.9 Å². The number of ether oxygens (including phenoxy) is 1. The van der Waals surface area contributed by atoms with Crippen LogP contribution in [-0.4, -0.2) is 46.7 Å². The quantitative estimate of drug-likeness (QED) is 0.621. The Balaban J connectivity index is 1.60. The molecule has 0 aliphatic carbocycles. The summed E-state index contributed by atoms with van der Waals surface area (Å²) in [6.07, 6.45) is 3.04. The molecule has 1 aliphatic heterocycles. The maximum atomic E-state index is 12.5. The monoisotopic (exact) mass is 459 g/mol. The Morgan fingerprint density at radius 3 is 2.50 bits per heavy atom. The maximum absolute atomic E-state index is 12.5. The standard InChI is InChI=1S/C23H29N3O5S/c1-17-8-9-18(16-21(17)25-14-5-7-23(25)28)24-22(27)6-4-15-26(32(3,29)30)19-10-12-20(31-2)13-11-19/h8-13,16H,4-7,14-15H2,1-3H3,(H,24,27). The molecule has 32 heavy (non-hydrogen) atoms. The van der Waals surface area contributed by atoms with Crippen LogP contribution in [0.3, 0.4) is 0 Å². The van der Waals surface area contributed by atoms with E-state index in [9.17, 15) is 18.0 Å². The molecule has 0 spiro atoms. The van der Waals surface area contributed by atoms with Crippen LogP contribution in [0.15, 0.2) is 42.5 Å². The number of sulfonamides is 1. The number of carbonyl (C=O) groups excluding carboxylic acids is 2. The lowest BCUT2D eigenvalue weighted by atomic mass is 10.1. The molecule has 8 nitrogen and oxygen atoms in total. The van der Waals surface area contributed by atoms with Crippen LogP contribution in [0.2, 0.25) is 0 Å². The number of carbonyl (C=O) groups is 2. The number of anilines is 3. The molecule has 1 N–H and O–H groups in total. The second-order valence-electron chi connectivity index (χ2n) is 7.84. The van der Waals surface area contributed by atoms with Crippen LogP contribution in [0.4, 0.5) is 17.1 Å². The average Bonchev–Trinajstić information content (AvgIpc) is 3.17. The summed E-state index contributed by atoms with van der Waals surface area (Å²) in [6.45, 7) is 2.80. The zero-order valence-electron chi connectivity index (χ0n) is 18.6. The fourth-order valence-corrected chi connectivity index (χ4v) is 4.69. The maximum Gasteiger partial charge on any atom is 0.232 e. The van der Waals surface area contributed by atoms with Crippen LogP contribution in [0.25, 0.3) is 0 Å². The minimum absolute atomic E-state index is 0.0935. The zero-order valence-corrected chi connectivity index (χ0v) is 19.4. The lowest BCUT2D eigenvalue weighted by molar-refractivity contribution is -0.117. The number of benzene rings is 2. The van der Waals surface area contributed by atoms with Gasteiger partial charge in [-0.25, -0.2) is 8.42 Å². The molecule has 0 radical (unpaired) electrons. The molecule has 2 amide bonds. The van der Waals surface area contributed by atoms with Gasteiger partial charge in [0.15, 0.2) is 0 Å². The number of nitrogens with zero attached hydrogens (tertiary/aromatic N) is 2. The molecule has 2 aromatic rings. The minimum atomic E-state index is -3.50. The van der Waals surface area contributed by atoms with Crippen molar-refractivity contribution in [3.05, 3.63) is 48.0 Å². The summed E-state index contributed by atoms with van der Waals surface area (Å²) in [4.78, 5) is 26.3. The fourth-order valence-electron chi connectivity index (χ4n) is 3.72. The van der Waals surface area contributed by atoms with Crippen molar-refractivity contribution in [3.8, 4) is 5.75 Å². The Bertz CT molecular complexity index is 1080. The van der Waals surface area contributed by atoms with Crippen molar-refractivity contribution in [2.75, 3.05) is 41.0 Å². The van der Waals surface area contributed by atoms with Gasteiger partial charge in [0.1, 0.15) is 5.75 Å². The third-order valence-electron chi connectivity index (χ3n) is 5.38. The smallest absolute Gasteiger partial charge is 0.232 e. The van der Waals surface area contributed by atoms with Crippen LogP contribution in [0.1, 0.15) is 31.2 Å². The second-order valence-corrected chi connectivity index (χ2v) is 9.74. The van der Waals surface area contributed by atoms with Crippen LogP contribution in [-0.2, 0) is 19.6 Å². The molecule has 3 rings (SSSR count). The van der Waals surface area contributed by atoms with E-state index in [1.807, 2.05) is 19.1 Å². The van der Waals surface area contributed by atoms with Gasteiger partial charge in [-0.15, -0.1) is 0 Å². The second kappa shape index (κ2) is 10.0. The van der Waals surface area contributed by atoms with Crippen LogP contribution < -0.4 is 19.3 Å². The summed E-state index contributed by atoms with van der Waals surface area (Å²) in [5.74, 6) is 0.515. The van der Waals surface area contributed by atoms with E-state index in [0.29, 0.717) is 36.5 Å². The first-order chi connectivity index (χ1) is 15.2. The first-order valence-electron chi connectivity index (χ1n) is 10.5. The highest BCUT2D eigenvalue weighted by Gasteiger charge is 2.23. The van der Waals surface area contributed by atoms with Crippen molar-refractivity contribution < 1.29 is 22.7 Å². The number of amides is 2. The molecule has 9 heteroatoms. The third-order valence-corrected chi connectivity index (χ3v) is 6.58. The van der Waals surface area contributed by atoms with Crippen LogP contribution >= 0.6 is 0 Å². The number of hydrogen-bond donors (Lipinski definition) is 1. The van der Waals surface area contributed by atoms with Gasteiger partial charge in [0.05, 0.1) is 19.1 Å². The van der Waals surface area contributed by atoms with Crippen molar-refractivity contribution in [3.63, 3.8) is 0 Å². The zero-order chi connectivity index (χ0) is 23.3. The highest BCUT2D eigenvalue weighted by molar-refractivity contribution is 7.92. The molecule has 0 bridgehead atoms. The predicted molar refractivity (Wildman–Crippen MR) is 126 cm³/mol. The SMILES string of the molecule is COc1ccc(N(CCCC(=O)Nc2ccc(C)c(N3CCCC3=O)c2)S(C)(=O)=O)cc1. The van der Waals surface area contributed by atoms with Gasteiger partial charge in [0.2, 0.25) is 21.8 Å². The van der Waals surface area contributed by atoms with Crippen molar-refractivity contribution in [1.82, 2.24) is 0 Å². The number of nitrogens with one attached hydrogen (secondary N) is 1. The van der Waals surface area contributed by atoms with Gasteiger partial charge in [-0.2, -0.15) is 0 Å². The van der Waals surface area contributed by atoms with Crippen LogP contribution in [0.5, 0.6) is 5.75 Å². The molecule has 0 saturated carbocycles. The summed E-state index contributed by atoms with van der Waals surface area (Å²) < 4.78 is 30.9. The lowest BCUT2D eigenvalue weighted by Crippen LogP contribution is -2.31. The van der Waals surface area contributed by atoms with Gasteiger partial charge in [-0.05, 0) is 61.7 Å². The van der Waals surface area contributed by atoms with E-state index in [2.05, 4.69) is 5.32 Å². The van der Waals surface area contributed by atoms with E-state index < -0.39 is 10.0 Å². The van der Waals surface area contributed by atoms with E-state index in [-0.39, 0.29) is 24.8 Å². The predicted octanol–water partition coefficient (Wildman–Crippen LogP) is 3.32. The van der Waals surface area contributed by atoms with E-state index in [1.54, 1.807) is 42.3 Å². The van der Waals surface area contributed by atoms with Crippen LogP contribution in [0, 0.1) is 6.92 Å². The summed E-state index contributed by atoms with van der Waals surface area (Å²) in [7, 11) is -1.95. The number of methoxy groups -OCH3 is 1. The van der Waals surface area contributed by atoms with Gasteiger partial charge in [-0.1, -0.05) is 6.07 Å². The molecule has 1 fully saturated rings. The summed E-state index contributed by atoms with van der Waals surface area (Å²) in [6, 6.07) is 12.2. The highest BCUT2D eigenvalue weighted by atomic mass is 32.2. The largest absolute Gasteiger partial charge is 0.497 e. The number of aryl methyl sites for hydroxylation is 1. The van der Waals surface area contributed by atoms with E-state index in [0.717, 1.165) is 23.9 Å². The van der Waals surface area contributed by atoms with E-state index in [4.69, 9.17) is 4.74 Å². The molecular formula is C23H29N3O5S. The van der Waals surface area contributed by atoms with E-state index >= 15 is 0 Å². The van der Waals surface area contributed by atoms with Gasteiger partial charge < -0.3 is 15.0 Å². The lowest BCUT2D eigenvalue weighted by Gasteiger charge is -2.22. The molecule has 1 aliphatic rings. The minimum Gasteiger partial charge on any atom is -0.497 e. The Kier molecular flexibility index (Phi) is 7.40. The Morgan fingerprint density at radius 2 is 1.91 bits per heavy atom. The topological polar surface area (TPSA) is 96.0 Å². The third kappa shape index (κ3) is 5.79. The normalized spacial score (nSPS) is 13.8. The molecule has 1 saturated heterocycles. The fraction of sp³-hybridized carbons (Fsp3) is 0.391. The molecule has 1 heterocycles. The summed E-state index contributed by atoms with van der Waals surface area (Å²) >= 11 is 0. The van der Waals surface area contributed by atoms with Gasteiger partial charge in [0.25, 0.3) is 0 Å². The molecule has 0 aromatic heterocycles. The Labute approximate surface area is 189 Å². The summed E-state index contributed by atoms with van der Waals surface area (Å²) in [5, 5.41) is 2.85. The summed E-state index contributed by atoms with van der Waals surface area (Å²) in [5.41, 5.74) is 2.92. The molecule has 0 atom stereocenters. The number of hydrogen-bond acceptors (Lipinski definition) is 5. The Hall–Kier alpha value is -3.07. The van der Waals surface area contributed by atoms with E-state index in [1.165, 1.54) is 4.31 Å². The first-order valence-corrected chi connectivity index (χ1v) is 12.4. The highest BCUT2D eigenvalue weighted by Crippen LogP contribution is 2.28. The average molecular weight is 460 g/mol. The van der Waals surface area contributed by atoms with Crippen molar-refractivity contribution in [2.24, 2.45) is 0 Å². The number of rotatable bonds is 9. The van der Waals surface area contributed by atoms with Crippen molar-refractivity contribution in [1.29, 1.82) is 0 Å². The molecular weight excluding hydrogens is 430 g/mol. The van der Waals surface area contributed by atoms with Crippen molar-refractivity contribution >= 4 is 38.9 Å². The molecule has 2 aromatic carbocycles.